The summed E-state index contributed by atoms with van der Waals surface area (Å²) in [4.78, 5) is 15.5. The minimum atomic E-state index is -1.30. The number of nitrogens with two attached hydrogens (primary N) is 1. The van der Waals surface area contributed by atoms with E-state index in [4.69, 9.17) is 17.5 Å². The second-order valence-corrected chi connectivity index (χ2v) is 3.04. The molecule has 0 amide bonds. The molecule has 0 heterocycles. The number of esters is 1. The van der Waals surface area contributed by atoms with Gasteiger partial charge >= 0.3 is 5.97 Å². The molecule has 0 aliphatic heterocycles. The molecule has 4 nitrogen and oxygen atoms in total. The van der Waals surface area contributed by atoms with Crippen molar-refractivity contribution in [2.45, 2.75) is 19.4 Å². The molecule has 0 aliphatic rings. The lowest BCUT2D eigenvalue weighted by molar-refractivity contribution is -0.161. The van der Waals surface area contributed by atoms with Crippen LogP contribution in [0.2, 0.25) is 0 Å². The Morgan fingerprint density at radius 3 is 2.42 bits per heavy atom. The van der Waals surface area contributed by atoms with Gasteiger partial charge in [-0.3, -0.25) is 4.84 Å². The van der Waals surface area contributed by atoms with E-state index in [0.29, 0.717) is 5.03 Å². The first kappa shape index (κ1) is 11.4. The van der Waals surface area contributed by atoms with Gasteiger partial charge in [0.25, 0.3) is 0 Å². The highest BCUT2D eigenvalue weighted by Crippen LogP contribution is 2.16. The van der Waals surface area contributed by atoms with Crippen LogP contribution >= 0.6 is 11.6 Å². The average molecular weight is 194 g/mol. The van der Waals surface area contributed by atoms with Crippen molar-refractivity contribution >= 4 is 17.6 Å². The van der Waals surface area contributed by atoms with Crippen molar-refractivity contribution in [3.8, 4) is 0 Å². The Morgan fingerprint density at radius 2 is 2.17 bits per heavy atom. The summed E-state index contributed by atoms with van der Waals surface area (Å²) in [6, 6.07) is 0. The highest BCUT2D eigenvalue weighted by molar-refractivity contribution is 6.29. The number of hydrogen-bond acceptors (Lipinski definition) is 4. The summed E-state index contributed by atoms with van der Waals surface area (Å²) < 4.78 is 4.46. The van der Waals surface area contributed by atoms with E-state index in [2.05, 4.69) is 9.57 Å². The molecule has 70 valence electrons. The van der Waals surface area contributed by atoms with Gasteiger partial charge in [0.2, 0.25) is 5.60 Å². The average Bonchev–Trinajstić information content (AvgIpc) is 2.01. The van der Waals surface area contributed by atoms with Crippen molar-refractivity contribution < 1.29 is 14.4 Å². The van der Waals surface area contributed by atoms with Gasteiger partial charge in [-0.05, 0) is 19.9 Å². The first-order chi connectivity index (χ1) is 5.46. The molecule has 1 atom stereocenters. The summed E-state index contributed by atoms with van der Waals surface area (Å²) in [6.07, 6.45) is 1.38. The number of rotatable bonds is 3. The largest absolute Gasteiger partial charge is 0.467 e. The van der Waals surface area contributed by atoms with Crippen molar-refractivity contribution in [2.24, 2.45) is 5.90 Å². The lowest BCUT2D eigenvalue weighted by atomic mass is 10.1. The summed E-state index contributed by atoms with van der Waals surface area (Å²) >= 11 is 5.56. The summed E-state index contributed by atoms with van der Waals surface area (Å²) in [5.74, 6) is 4.34. The minimum Gasteiger partial charge on any atom is -0.467 e. The molecule has 5 heteroatoms. The van der Waals surface area contributed by atoms with E-state index in [0.717, 1.165) is 0 Å². The minimum absolute atomic E-state index is 0.411. The first-order valence-electron chi connectivity index (χ1n) is 3.27. The number of allylic oxidation sites excluding steroid dienone is 1. The van der Waals surface area contributed by atoms with Crippen LogP contribution in [0.25, 0.3) is 0 Å². The number of carbonyl (C=O) groups excluding carboxylic acids is 1. The molecule has 12 heavy (non-hydrogen) atoms. The molecule has 0 spiro atoms. The van der Waals surface area contributed by atoms with Gasteiger partial charge in [-0.2, -0.15) is 0 Å². The van der Waals surface area contributed by atoms with Crippen LogP contribution in [0.5, 0.6) is 0 Å². The van der Waals surface area contributed by atoms with Gasteiger partial charge in [0, 0.05) is 5.03 Å². The fourth-order valence-electron chi connectivity index (χ4n) is 0.723. The van der Waals surface area contributed by atoms with Crippen LogP contribution in [0, 0.1) is 0 Å². The Morgan fingerprint density at radius 1 is 1.67 bits per heavy atom. The summed E-state index contributed by atoms with van der Waals surface area (Å²) in [7, 11) is 1.25. The zero-order valence-corrected chi connectivity index (χ0v) is 8.01. The Balaban J connectivity index is 4.68. The predicted molar refractivity (Wildman–Crippen MR) is 45.3 cm³/mol. The maximum atomic E-state index is 11.1. The third kappa shape index (κ3) is 2.81. The van der Waals surface area contributed by atoms with Crippen LogP contribution in [0.15, 0.2) is 11.1 Å². The standard InChI is InChI=1S/C7H12ClNO3/c1-5(8)4-7(2,12-9)6(10)11-3/h4H,9H2,1-3H3/b5-4+. The number of halogens is 1. The Bertz CT molecular complexity index is 201. The van der Waals surface area contributed by atoms with E-state index in [1.54, 1.807) is 6.92 Å². The van der Waals surface area contributed by atoms with Crippen molar-refractivity contribution in [2.75, 3.05) is 7.11 Å². The van der Waals surface area contributed by atoms with E-state index in [1.807, 2.05) is 0 Å². The summed E-state index contributed by atoms with van der Waals surface area (Å²) in [5, 5.41) is 0.411. The molecule has 2 N–H and O–H groups in total. The van der Waals surface area contributed by atoms with Crippen molar-refractivity contribution in [3.05, 3.63) is 11.1 Å². The molecule has 0 bridgehead atoms. The Kier molecular flexibility index (Phi) is 4.23. The quantitative estimate of drug-likeness (QED) is 0.536. The Labute approximate surface area is 76.2 Å². The normalized spacial score (nSPS) is 16.9. The van der Waals surface area contributed by atoms with Crippen LogP contribution in [-0.4, -0.2) is 18.7 Å². The molecular weight excluding hydrogens is 182 g/mol. The zero-order chi connectivity index (χ0) is 9.78. The smallest absolute Gasteiger partial charge is 0.344 e. The van der Waals surface area contributed by atoms with Gasteiger partial charge in [0.05, 0.1) is 7.11 Å². The zero-order valence-electron chi connectivity index (χ0n) is 7.26. The second-order valence-electron chi connectivity index (χ2n) is 2.45. The lowest BCUT2D eigenvalue weighted by Gasteiger charge is -2.19. The summed E-state index contributed by atoms with van der Waals surface area (Å²) in [6.45, 7) is 3.08. The van der Waals surface area contributed by atoms with Crippen molar-refractivity contribution in [1.82, 2.24) is 0 Å². The van der Waals surface area contributed by atoms with E-state index >= 15 is 0 Å². The van der Waals surface area contributed by atoms with Crippen LogP contribution in [0.3, 0.4) is 0 Å². The van der Waals surface area contributed by atoms with Crippen LogP contribution < -0.4 is 5.90 Å². The first-order valence-corrected chi connectivity index (χ1v) is 3.65. The number of hydrogen-bond donors (Lipinski definition) is 1. The maximum Gasteiger partial charge on any atom is 0.344 e. The van der Waals surface area contributed by atoms with Crippen LogP contribution in [0.4, 0.5) is 0 Å². The third-order valence-corrected chi connectivity index (χ3v) is 1.42. The van der Waals surface area contributed by atoms with Gasteiger partial charge in [0.15, 0.2) is 0 Å². The number of methoxy groups -OCH3 is 1. The molecular formula is C7H12ClNO3. The fraction of sp³-hybridized carbons (Fsp3) is 0.571. The topological polar surface area (TPSA) is 61.5 Å². The molecule has 1 unspecified atom stereocenters. The fourth-order valence-corrected chi connectivity index (χ4v) is 0.931. The molecule has 0 saturated heterocycles. The Hall–Kier alpha value is -0.580. The molecule has 0 aromatic heterocycles. The maximum absolute atomic E-state index is 11.1. The summed E-state index contributed by atoms with van der Waals surface area (Å²) in [5.41, 5.74) is -1.30. The van der Waals surface area contributed by atoms with Crippen molar-refractivity contribution in [3.63, 3.8) is 0 Å². The number of carbonyl (C=O) groups is 1. The van der Waals surface area contributed by atoms with Crippen molar-refractivity contribution in [1.29, 1.82) is 0 Å². The molecule has 0 fully saturated rings. The van der Waals surface area contributed by atoms with Gasteiger partial charge in [-0.1, -0.05) is 11.6 Å². The number of ether oxygens (including phenoxy) is 1. The molecule has 0 radical (unpaired) electrons. The highest BCUT2D eigenvalue weighted by atomic mass is 35.5. The monoisotopic (exact) mass is 193 g/mol. The molecule has 0 saturated carbocycles. The van der Waals surface area contributed by atoms with E-state index < -0.39 is 11.6 Å². The van der Waals surface area contributed by atoms with Gasteiger partial charge in [0.1, 0.15) is 0 Å². The highest BCUT2D eigenvalue weighted by Gasteiger charge is 2.32. The van der Waals surface area contributed by atoms with E-state index in [1.165, 1.54) is 20.1 Å². The second kappa shape index (κ2) is 4.45. The van der Waals surface area contributed by atoms with Gasteiger partial charge < -0.3 is 4.74 Å². The van der Waals surface area contributed by atoms with Gasteiger partial charge in [-0.15, -0.1) is 0 Å². The van der Waals surface area contributed by atoms with E-state index in [9.17, 15) is 4.79 Å². The molecule has 0 aromatic carbocycles. The van der Waals surface area contributed by atoms with Crippen LogP contribution in [-0.2, 0) is 14.4 Å². The lowest BCUT2D eigenvalue weighted by Crippen LogP contribution is -2.40. The molecule has 0 aliphatic carbocycles. The SMILES string of the molecule is COC(=O)C(C)(/C=C(\C)Cl)ON. The predicted octanol–water partition coefficient (Wildman–Crippen LogP) is 0.951. The molecule has 0 aromatic rings. The van der Waals surface area contributed by atoms with Crippen LogP contribution in [0.1, 0.15) is 13.8 Å². The van der Waals surface area contributed by atoms with E-state index in [-0.39, 0.29) is 0 Å². The van der Waals surface area contributed by atoms with Gasteiger partial charge in [-0.25, -0.2) is 10.7 Å². The third-order valence-electron chi connectivity index (χ3n) is 1.31. The molecule has 0 rings (SSSR count).